The van der Waals surface area contributed by atoms with Crippen molar-refractivity contribution in [3.8, 4) is 6.07 Å². The van der Waals surface area contributed by atoms with Crippen LogP contribution in [0.5, 0.6) is 0 Å². The Hall–Kier alpha value is -1.85. The molecule has 0 saturated carbocycles. The number of nitro groups is 1. The summed E-state index contributed by atoms with van der Waals surface area (Å²) in [6.07, 6.45) is 0. The van der Waals surface area contributed by atoms with E-state index in [1.807, 2.05) is 4.72 Å². The lowest BCUT2D eigenvalue weighted by Crippen LogP contribution is -2.15. The molecule has 0 unspecified atom stereocenters. The van der Waals surface area contributed by atoms with Gasteiger partial charge in [-0.3, -0.25) is 14.8 Å². The number of hydrogen-bond acceptors (Lipinski definition) is 5. The Kier molecular flexibility index (Phi) is 3.88. The molecule has 0 saturated heterocycles. The second-order valence-electron chi connectivity index (χ2n) is 2.94. The smallest absolute Gasteiger partial charge is 0.271 e. The number of nitriles is 1. The zero-order chi connectivity index (χ0) is 13.1. The minimum absolute atomic E-state index is 0.00693. The van der Waals surface area contributed by atoms with Crippen molar-refractivity contribution in [2.75, 3.05) is 10.5 Å². The Morgan fingerprint density at radius 3 is 2.65 bits per heavy atom. The first-order valence-electron chi connectivity index (χ1n) is 4.17. The fraction of sp³-hybridized carbons (Fsp3) is 0.125. The van der Waals surface area contributed by atoms with Crippen molar-refractivity contribution in [3.63, 3.8) is 0 Å². The summed E-state index contributed by atoms with van der Waals surface area (Å²) >= 11 is 5.67. The molecule has 1 rings (SSSR count). The molecule has 0 radical (unpaired) electrons. The predicted molar refractivity (Wildman–Crippen MR) is 61.1 cm³/mol. The summed E-state index contributed by atoms with van der Waals surface area (Å²) in [5.41, 5.74) is -0.259. The largest absolute Gasteiger partial charge is 0.281 e. The Labute approximate surface area is 102 Å². The molecule has 0 aliphatic rings. The Morgan fingerprint density at radius 2 is 2.18 bits per heavy atom. The number of anilines is 1. The quantitative estimate of drug-likeness (QED) is 0.661. The summed E-state index contributed by atoms with van der Waals surface area (Å²) in [5, 5.41) is 18.6. The van der Waals surface area contributed by atoms with E-state index in [4.69, 9.17) is 16.9 Å². The van der Waals surface area contributed by atoms with Crippen molar-refractivity contribution >= 4 is 33.0 Å². The molecule has 0 aromatic heterocycles. The number of benzene rings is 1. The van der Waals surface area contributed by atoms with Gasteiger partial charge in [0, 0.05) is 12.1 Å². The van der Waals surface area contributed by atoms with Crippen LogP contribution in [0, 0.1) is 21.4 Å². The van der Waals surface area contributed by atoms with Crippen molar-refractivity contribution in [1.82, 2.24) is 0 Å². The lowest BCUT2D eigenvalue weighted by Gasteiger charge is -2.06. The molecule has 7 nitrogen and oxygen atoms in total. The van der Waals surface area contributed by atoms with E-state index in [9.17, 15) is 18.5 Å². The third-order valence-corrected chi connectivity index (χ3v) is 3.04. The van der Waals surface area contributed by atoms with Crippen LogP contribution in [0.2, 0.25) is 5.02 Å². The maximum Gasteiger partial charge on any atom is 0.271 e. The average Bonchev–Trinajstić information content (AvgIpc) is 2.20. The molecular weight excluding hydrogens is 270 g/mol. The molecule has 0 aliphatic heterocycles. The normalized spacial score (nSPS) is 10.6. The van der Waals surface area contributed by atoms with E-state index < -0.39 is 20.7 Å². The van der Waals surface area contributed by atoms with Gasteiger partial charge in [0.05, 0.1) is 21.7 Å². The molecule has 1 aromatic rings. The SMILES string of the molecule is N#CCS(=O)(=O)Nc1ccc([N+](=O)[O-])cc1Cl. The van der Waals surface area contributed by atoms with E-state index in [0.717, 1.165) is 18.2 Å². The highest BCUT2D eigenvalue weighted by Gasteiger charge is 2.14. The van der Waals surface area contributed by atoms with Gasteiger partial charge in [-0.05, 0) is 6.07 Å². The number of rotatable bonds is 4. The summed E-state index contributed by atoms with van der Waals surface area (Å²) < 4.78 is 24.5. The van der Waals surface area contributed by atoms with Gasteiger partial charge in [0.1, 0.15) is 0 Å². The van der Waals surface area contributed by atoms with Gasteiger partial charge in [-0.15, -0.1) is 0 Å². The molecule has 0 aliphatic carbocycles. The number of non-ortho nitro benzene ring substituents is 1. The molecule has 0 spiro atoms. The molecule has 9 heteroatoms. The van der Waals surface area contributed by atoms with Gasteiger partial charge in [0.25, 0.3) is 5.69 Å². The molecule has 0 bridgehead atoms. The van der Waals surface area contributed by atoms with Crippen molar-refractivity contribution < 1.29 is 13.3 Å². The minimum Gasteiger partial charge on any atom is -0.281 e. The van der Waals surface area contributed by atoms with Crippen LogP contribution in [-0.2, 0) is 10.0 Å². The van der Waals surface area contributed by atoms with Gasteiger partial charge in [-0.25, -0.2) is 8.42 Å². The fourth-order valence-corrected chi connectivity index (χ4v) is 2.02. The number of hydrogen-bond donors (Lipinski definition) is 1. The minimum atomic E-state index is -3.81. The Morgan fingerprint density at radius 1 is 1.53 bits per heavy atom. The van der Waals surface area contributed by atoms with Gasteiger partial charge in [-0.1, -0.05) is 11.6 Å². The third kappa shape index (κ3) is 3.58. The van der Waals surface area contributed by atoms with Gasteiger partial charge < -0.3 is 0 Å². The lowest BCUT2D eigenvalue weighted by molar-refractivity contribution is -0.384. The van der Waals surface area contributed by atoms with Crippen LogP contribution in [-0.4, -0.2) is 19.1 Å². The maximum atomic E-state index is 11.2. The lowest BCUT2D eigenvalue weighted by atomic mass is 10.3. The van der Waals surface area contributed by atoms with Crippen LogP contribution < -0.4 is 4.72 Å². The zero-order valence-electron chi connectivity index (χ0n) is 8.25. The highest BCUT2D eigenvalue weighted by molar-refractivity contribution is 7.92. The number of sulfonamides is 1. The second kappa shape index (κ2) is 4.99. The van der Waals surface area contributed by atoms with Gasteiger partial charge in [0.2, 0.25) is 10.0 Å². The van der Waals surface area contributed by atoms with Gasteiger partial charge >= 0.3 is 0 Å². The van der Waals surface area contributed by atoms with E-state index in [-0.39, 0.29) is 16.4 Å². The summed E-state index contributed by atoms with van der Waals surface area (Å²) in [6, 6.07) is 4.76. The van der Waals surface area contributed by atoms with Gasteiger partial charge in [-0.2, -0.15) is 5.26 Å². The van der Waals surface area contributed by atoms with E-state index in [0.29, 0.717) is 0 Å². The molecule has 1 aromatic carbocycles. The monoisotopic (exact) mass is 275 g/mol. The predicted octanol–water partition coefficient (Wildman–Crippen LogP) is 1.51. The fourth-order valence-electron chi connectivity index (χ4n) is 0.989. The molecule has 90 valence electrons. The number of halogens is 1. The highest BCUT2D eigenvalue weighted by Crippen LogP contribution is 2.27. The van der Waals surface area contributed by atoms with Crippen LogP contribution in [0.15, 0.2) is 18.2 Å². The molecule has 1 N–H and O–H groups in total. The zero-order valence-corrected chi connectivity index (χ0v) is 9.83. The van der Waals surface area contributed by atoms with Crippen molar-refractivity contribution in [3.05, 3.63) is 33.3 Å². The highest BCUT2D eigenvalue weighted by atomic mass is 35.5. The van der Waals surface area contributed by atoms with Gasteiger partial charge in [0.15, 0.2) is 5.75 Å². The maximum absolute atomic E-state index is 11.2. The van der Waals surface area contributed by atoms with Crippen molar-refractivity contribution in [2.24, 2.45) is 0 Å². The summed E-state index contributed by atoms with van der Waals surface area (Å²) in [7, 11) is -3.81. The first-order chi connectivity index (χ1) is 7.85. The topological polar surface area (TPSA) is 113 Å². The van der Waals surface area contributed by atoms with Crippen LogP contribution in [0.1, 0.15) is 0 Å². The molecule has 17 heavy (non-hydrogen) atoms. The van der Waals surface area contributed by atoms with E-state index in [1.54, 1.807) is 0 Å². The van der Waals surface area contributed by atoms with E-state index in [1.165, 1.54) is 6.07 Å². The number of nitrogens with one attached hydrogen (secondary N) is 1. The Balaban J connectivity index is 3.03. The number of nitrogens with zero attached hydrogens (tertiary/aromatic N) is 2. The van der Waals surface area contributed by atoms with Crippen molar-refractivity contribution in [1.29, 1.82) is 5.26 Å². The molecule has 0 fully saturated rings. The third-order valence-electron chi connectivity index (χ3n) is 1.68. The van der Waals surface area contributed by atoms with Crippen LogP contribution in [0.4, 0.5) is 11.4 Å². The molecule has 0 heterocycles. The molecule has 0 amide bonds. The van der Waals surface area contributed by atoms with Crippen LogP contribution >= 0.6 is 11.6 Å². The summed E-state index contributed by atoms with van der Waals surface area (Å²) in [5.74, 6) is -0.722. The molecule has 0 atom stereocenters. The second-order valence-corrected chi connectivity index (χ2v) is 5.07. The van der Waals surface area contributed by atoms with Crippen molar-refractivity contribution in [2.45, 2.75) is 0 Å². The van der Waals surface area contributed by atoms with E-state index in [2.05, 4.69) is 0 Å². The van der Waals surface area contributed by atoms with E-state index >= 15 is 0 Å². The summed E-state index contributed by atoms with van der Waals surface area (Å²) in [4.78, 5) is 9.76. The first kappa shape index (κ1) is 13.2. The van der Waals surface area contributed by atoms with Crippen LogP contribution in [0.3, 0.4) is 0 Å². The summed E-state index contributed by atoms with van der Waals surface area (Å²) in [6.45, 7) is 0. The first-order valence-corrected chi connectivity index (χ1v) is 6.20. The Bertz CT molecular complexity index is 593. The standard InChI is InChI=1S/C8H6ClN3O4S/c9-7-5-6(12(13)14)1-2-8(7)11-17(15,16)4-3-10/h1-2,5,11H,4H2. The molecular formula is C8H6ClN3O4S. The average molecular weight is 276 g/mol. The van der Waals surface area contributed by atoms with Crippen LogP contribution in [0.25, 0.3) is 0 Å². The number of nitro benzene ring substituents is 1.